The minimum Gasteiger partial charge on any atom is -0.460 e. The number of nitrogens with zero attached hydrogens (tertiary/aromatic N) is 5. The fraction of sp³-hybridized carbons (Fsp3) is 0.628. The Balaban J connectivity index is 1.63. The van der Waals surface area contributed by atoms with Crippen molar-refractivity contribution in [1.29, 1.82) is 0 Å². The first-order chi connectivity index (χ1) is 56.1. The molecule has 11 amide bonds. The standard InChI is InChI=1S/C78H123N15O24P2/c1-15-50(7)67-72(100)86-55(12)76(104)116-68(51(8)16-2)53(10)61(36-31-52(9)75(103)114-62(43-48(3)4)70(98)85-54(11)73(101)93(14)60(44-56-27-20-17-21-28-56)74(102)92(13)46-64(95)90-67)115-78(106)83-37-23-19-25-41-112-118(107,108)117-119(109,110)113-42-40-81-45-65(96)111-47-57-32-34-58(35-33-57)87-69(97)59(29-26-38-82-77(79)105)88-71(99)66(49(5)6)89-63(94)30-22-18-24-39-84-91-80/h16-17,20-21,27-28,31-35,48-50,53-55,59-62,66-68,81H,15,18-19,22-26,29-30,36-47H2,1-14H3,(H,83,106)(H,85,98)(H,86,100)(H,87,97)(H,88,99)(H,89,94)(H,90,95)(H,107,108)(H,109,110)(H3,79,82,105)/b51-16+,52-31+/t50?,53-,54-,55+,59+,60+,61-,62+,66+,67-,68+/m0/s1. The maximum atomic E-state index is 14.4. The highest BCUT2D eigenvalue weighted by molar-refractivity contribution is 7.61. The molecule has 664 valence electrons. The van der Waals surface area contributed by atoms with Crippen molar-refractivity contribution in [2.75, 3.05) is 71.9 Å². The summed E-state index contributed by atoms with van der Waals surface area (Å²) < 4.78 is 62.7. The van der Waals surface area contributed by atoms with Crippen LogP contribution in [-0.4, -0.2) is 218 Å². The number of unbranched alkanes of at least 4 members (excludes halogenated alkanes) is 4. The zero-order valence-electron chi connectivity index (χ0n) is 70.5. The fourth-order valence-corrected chi connectivity index (χ4v) is 14.0. The third-order valence-corrected chi connectivity index (χ3v) is 21.8. The molecular formula is C78H123N15O24P2. The van der Waals surface area contributed by atoms with Crippen molar-refractivity contribution in [2.24, 2.45) is 34.5 Å². The lowest BCUT2D eigenvalue weighted by molar-refractivity contribution is -0.155. The first-order valence-electron chi connectivity index (χ1n) is 39.8. The van der Waals surface area contributed by atoms with Crippen LogP contribution in [0.2, 0.25) is 0 Å². The van der Waals surface area contributed by atoms with Gasteiger partial charge in [0.05, 0.1) is 26.3 Å². The Morgan fingerprint density at radius 2 is 1.42 bits per heavy atom. The summed E-state index contributed by atoms with van der Waals surface area (Å²) in [5.41, 5.74) is 15.6. The molecule has 3 rings (SSSR count). The molecule has 2 aromatic carbocycles. The Morgan fingerprint density at radius 1 is 0.773 bits per heavy atom. The molecule has 0 bridgehead atoms. The van der Waals surface area contributed by atoms with Gasteiger partial charge in [-0.25, -0.2) is 28.3 Å². The predicted molar refractivity (Wildman–Crippen MR) is 438 cm³/mol. The van der Waals surface area contributed by atoms with Gasteiger partial charge < -0.3 is 92.1 Å². The van der Waals surface area contributed by atoms with Crippen molar-refractivity contribution >= 4 is 98.6 Å². The SMILES string of the molecule is C/C=C(\C)[C@H]1OC(=O)[C@@H](C)NC(=O)[C@H](C(C)CC)NC(=O)CN(C)C(=O)[C@@H](Cc2ccccc2)N(C)C(=O)[C@H](C)NC(=O)[C@@H](CC(C)C)OC(=O)/C(C)=C/C[C@H](OC(=O)NCCCCCOP(=O)(O)OP(=O)(O)OCCNCC(=O)OCc2ccc(NC(=O)[C@@H](CCCNC(N)=O)NC(=O)[C@H](NC(=O)CCCCCN=[N+]=[N-])C(C)C)cc2)[C@@H]1C. The van der Waals surface area contributed by atoms with E-state index >= 15 is 0 Å². The largest absolute Gasteiger partial charge is 0.481 e. The van der Waals surface area contributed by atoms with Crippen LogP contribution in [0.25, 0.3) is 10.4 Å². The molecule has 0 radical (unpaired) electrons. The number of phosphoric acid groups is 2. The second-order valence-electron chi connectivity index (χ2n) is 29.8. The summed E-state index contributed by atoms with van der Waals surface area (Å²) in [5.74, 6) is -9.75. The monoisotopic (exact) mass is 1720 g/mol. The van der Waals surface area contributed by atoms with E-state index < -0.39 is 180 Å². The molecular weight excluding hydrogens is 1590 g/mol. The van der Waals surface area contributed by atoms with Crippen molar-refractivity contribution in [1.82, 2.24) is 52.3 Å². The van der Waals surface area contributed by atoms with Gasteiger partial charge in [-0.1, -0.05) is 121 Å². The molecule has 1 aliphatic rings. The molecule has 2 aromatic rings. The van der Waals surface area contributed by atoms with Gasteiger partial charge in [-0.05, 0) is 138 Å². The molecule has 1 heterocycles. The number of ether oxygens (including phenoxy) is 4. The zero-order valence-corrected chi connectivity index (χ0v) is 72.3. The van der Waals surface area contributed by atoms with Crippen molar-refractivity contribution in [3.63, 3.8) is 0 Å². The number of nitrogens with two attached hydrogens (primary N) is 1. The minimum atomic E-state index is -5.23. The quantitative estimate of drug-likeness (QED) is 0.00487. The van der Waals surface area contributed by atoms with Crippen LogP contribution in [0.15, 0.2) is 83.0 Å². The smallest absolute Gasteiger partial charge is 0.460 e. The van der Waals surface area contributed by atoms with Gasteiger partial charge in [0.1, 0.15) is 55.1 Å². The third kappa shape index (κ3) is 39.7. The number of azide groups is 1. The number of likely N-dealkylation sites (N-methyl/N-ethyl adjacent to an activating group) is 2. The molecule has 13 N–H and O–H groups in total. The number of rotatable bonds is 41. The summed E-state index contributed by atoms with van der Waals surface area (Å²) in [6, 6.07) is 7.12. The fourth-order valence-electron chi connectivity index (χ4n) is 11.9. The van der Waals surface area contributed by atoms with E-state index in [4.69, 9.17) is 39.3 Å². The predicted octanol–water partition coefficient (Wildman–Crippen LogP) is 6.61. The molecule has 13 atom stereocenters. The minimum absolute atomic E-state index is 0.00807. The number of esters is 3. The topological polar surface area (TPSA) is 551 Å². The average Bonchev–Trinajstić information content (AvgIpc) is 0.865. The third-order valence-electron chi connectivity index (χ3n) is 19.1. The van der Waals surface area contributed by atoms with Gasteiger partial charge in [-0.15, -0.1) is 0 Å². The molecule has 1 aliphatic heterocycles. The Kier molecular flexibility index (Phi) is 46.6. The number of nitrogens with one attached hydrogen (secondary N) is 9. The summed E-state index contributed by atoms with van der Waals surface area (Å²) in [6.45, 7) is 17.6. The second kappa shape index (κ2) is 53.6. The van der Waals surface area contributed by atoms with Crippen LogP contribution in [0.1, 0.15) is 171 Å². The Hall–Kier alpha value is -9.84. The molecule has 3 unspecified atom stereocenters. The van der Waals surface area contributed by atoms with E-state index in [0.717, 1.165) is 4.90 Å². The lowest BCUT2D eigenvalue weighted by Crippen LogP contribution is -2.57. The van der Waals surface area contributed by atoms with Crippen LogP contribution in [-0.2, 0) is 107 Å². The zero-order chi connectivity index (χ0) is 89.1. The average molecular weight is 1720 g/mol. The number of carbonyl (C=O) groups is 13. The number of urea groups is 1. The van der Waals surface area contributed by atoms with Gasteiger partial charge in [0.15, 0.2) is 6.10 Å². The van der Waals surface area contributed by atoms with Crippen LogP contribution < -0.4 is 53.6 Å². The number of primary amides is 1. The molecule has 39 nitrogen and oxygen atoms in total. The van der Waals surface area contributed by atoms with Gasteiger partial charge in [-0.3, -0.25) is 52.2 Å². The Labute approximate surface area is 695 Å². The molecule has 0 aromatic heterocycles. The summed E-state index contributed by atoms with van der Waals surface area (Å²) in [4.78, 5) is 202. The number of hydrogen-bond acceptors (Lipinski definition) is 24. The molecule has 0 saturated heterocycles. The second-order valence-corrected chi connectivity index (χ2v) is 32.9. The molecule has 0 aliphatic carbocycles. The highest BCUT2D eigenvalue weighted by Gasteiger charge is 2.40. The van der Waals surface area contributed by atoms with E-state index in [-0.39, 0.29) is 107 Å². The summed E-state index contributed by atoms with van der Waals surface area (Å²) in [6.07, 6.45) is 1.31. The number of amides is 11. The van der Waals surface area contributed by atoms with Crippen LogP contribution in [0.3, 0.4) is 0 Å². The van der Waals surface area contributed by atoms with E-state index in [2.05, 4.69) is 62.2 Å². The van der Waals surface area contributed by atoms with Crippen LogP contribution in [0.4, 0.5) is 15.3 Å². The van der Waals surface area contributed by atoms with E-state index in [1.54, 1.807) is 111 Å². The normalized spacial score (nSPS) is 21.4. The number of carbonyl (C=O) groups excluding carboxylic acids is 13. The Bertz CT molecular complexity index is 3910. The summed E-state index contributed by atoms with van der Waals surface area (Å²) in [5, 5.41) is 27.3. The maximum absolute atomic E-state index is 14.4. The number of phosphoric ester groups is 2. The van der Waals surface area contributed by atoms with Crippen molar-refractivity contribution < 1.29 is 114 Å². The summed E-state index contributed by atoms with van der Waals surface area (Å²) >= 11 is 0. The van der Waals surface area contributed by atoms with E-state index in [9.17, 15) is 81.2 Å². The highest BCUT2D eigenvalue weighted by Crippen LogP contribution is 2.60. The van der Waals surface area contributed by atoms with E-state index in [1.807, 2.05) is 0 Å². The maximum Gasteiger partial charge on any atom is 0.481 e. The highest BCUT2D eigenvalue weighted by atomic mass is 31.3. The first-order valence-corrected chi connectivity index (χ1v) is 42.8. The van der Waals surface area contributed by atoms with Gasteiger partial charge in [-0.2, -0.15) is 4.31 Å². The van der Waals surface area contributed by atoms with Crippen LogP contribution >= 0.6 is 15.6 Å². The molecule has 41 heteroatoms. The Morgan fingerprint density at radius 3 is 2.05 bits per heavy atom. The lowest BCUT2D eigenvalue weighted by Gasteiger charge is -2.33. The number of hydrogen-bond donors (Lipinski definition) is 12. The molecule has 0 spiro atoms. The van der Waals surface area contributed by atoms with Crippen molar-refractivity contribution in [2.45, 2.75) is 228 Å². The number of allylic oxidation sites excluding steroid dienone is 1. The molecule has 119 heavy (non-hydrogen) atoms. The number of anilines is 1. The van der Waals surface area contributed by atoms with Gasteiger partial charge >= 0.3 is 45.7 Å². The number of cyclic esters (lactones) is 2. The first kappa shape index (κ1) is 103. The van der Waals surface area contributed by atoms with Crippen LogP contribution in [0.5, 0.6) is 0 Å². The van der Waals surface area contributed by atoms with Gasteiger partial charge in [0.25, 0.3) is 5.91 Å². The van der Waals surface area contributed by atoms with E-state index in [1.165, 1.54) is 58.0 Å². The van der Waals surface area contributed by atoms with Gasteiger partial charge in [0, 0.05) is 81.6 Å². The van der Waals surface area contributed by atoms with Gasteiger partial charge in [0.2, 0.25) is 41.4 Å². The van der Waals surface area contributed by atoms with Crippen molar-refractivity contribution in [3.8, 4) is 0 Å². The molecule has 0 fully saturated rings. The number of alkyl carbamates (subject to hydrolysis) is 1. The lowest BCUT2D eigenvalue weighted by atomic mass is 9.90. The number of benzene rings is 2. The van der Waals surface area contributed by atoms with E-state index in [0.29, 0.717) is 54.6 Å². The molecule has 0 saturated carbocycles. The van der Waals surface area contributed by atoms with Crippen LogP contribution in [0, 0.1) is 23.7 Å². The summed E-state index contributed by atoms with van der Waals surface area (Å²) in [7, 11) is -7.69. The van der Waals surface area contributed by atoms with Crippen molar-refractivity contribution in [3.05, 3.63) is 99.5 Å².